The first-order valence-electron chi connectivity index (χ1n) is 5.14. The molecule has 0 saturated heterocycles. The Hall–Kier alpha value is -1.88. The first-order valence-corrected chi connectivity index (χ1v) is 6.09. The number of carbonyl (C=O) groups excluding carboxylic acids is 1. The van der Waals surface area contributed by atoms with Crippen molar-refractivity contribution in [2.75, 3.05) is 12.8 Å². The molecule has 0 aromatic carbocycles. The molecule has 2 rings (SSSR count). The first-order chi connectivity index (χ1) is 8.18. The number of nitrogen functional groups attached to an aromatic ring is 1. The van der Waals surface area contributed by atoms with Crippen molar-refractivity contribution in [3.8, 4) is 0 Å². The summed E-state index contributed by atoms with van der Waals surface area (Å²) in [6, 6.07) is 3.63. The molecule has 0 fully saturated rings. The van der Waals surface area contributed by atoms with Crippen LogP contribution in [0.25, 0.3) is 0 Å². The van der Waals surface area contributed by atoms with Crippen LogP contribution >= 0.6 is 11.3 Å². The second kappa shape index (κ2) is 4.97. The molecular formula is C12H13N3OS. The predicted molar refractivity (Wildman–Crippen MR) is 68.8 cm³/mol. The molecule has 5 heteroatoms. The Labute approximate surface area is 104 Å². The fourth-order valence-corrected chi connectivity index (χ4v) is 2.18. The highest BCUT2D eigenvalue weighted by molar-refractivity contribution is 7.07. The largest absolute Gasteiger partial charge is 0.398 e. The lowest BCUT2D eigenvalue weighted by Gasteiger charge is -2.17. The molecule has 0 spiro atoms. The minimum atomic E-state index is -0.109. The van der Waals surface area contributed by atoms with E-state index in [2.05, 4.69) is 4.98 Å². The number of aromatic nitrogens is 1. The van der Waals surface area contributed by atoms with Gasteiger partial charge in [0.25, 0.3) is 5.91 Å². The third-order valence-electron chi connectivity index (χ3n) is 2.43. The number of nitrogens with two attached hydrogens (primary N) is 1. The summed E-state index contributed by atoms with van der Waals surface area (Å²) >= 11 is 1.62. The van der Waals surface area contributed by atoms with E-state index < -0.39 is 0 Å². The highest BCUT2D eigenvalue weighted by Crippen LogP contribution is 2.14. The monoisotopic (exact) mass is 247 g/mol. The summed E-state index contributed by atoms with van der Waals surface area (Å²) in [7, 11) is 1.76. The number of amides is 1. The van der Waals surface area contributed by atoms with Crippen LogP contribution < -0.4 is 5.73 Å². The molecule has 0 aliphatic carbocycles. The zero-order chi connectivity index (χ0) is 12.3. The molecule has 17 heavy (non-hydrogen) atoms. The standard InChI is InChI=1S/C12H13N3OS/c1-15(7-9-3-5-17-8-9)12(16)10-6-14-4-2-11(10)13/h2-6,8H,7H2,1H3,(H2,13,14). The molecule has 0 aliphatic rings. The number of hydrogen-bond donors (Lipinski definition) is 1. The average molecular weight is 247 g/mol. The molecule has 2 aromatic heterocycles. The summed E-state index contributed by atoms with van der Waals surface area (Å²) in [5.74, 6) is -0.109. The maximum Gasteiger partial charge on any atom is 0.257 e. The van der Waals surface area contributed by atoms with Gasteiger partial charge in [0.15, 0.2) is 0 Å². The molecule has 2 N–H and O–H groups in total. The van der Waals surface area contributed by atoms with Crippen LogP contribution in [0, 0.1) is 0 Å². The maximum atomic E-state index is 12.1. The zero-order valence-electron chi connectivity index (χ0n) is 9.46. The number of hydrogen-bond acceptors (Lipinski definition) is 4. The third-order valence-corrected chi connectivity index (χ3v) is 3.16. The van der Waals surface area contributed by atoms with Crippen LogP contribution in [-0.2, 0) is 6.54 Å². The van der Waals surface area contributed by atoms with Gasteiger partial charge in [-0.3, -0.25) is 9.78 Å². The van der Waals surface area contributed by atoms with E-state index in [1.165, 1.54) is 6.20 Å². The maximum absolute atomic E-state index is 12.1. The molecule has 2 aromatic rings. The molecule has 0 atom stereocenters. The fourth-order valence-electron chi connectivity index (χ4n) is 1.52. The van der Waals surface area contributed by atoms with Gasteiger partial charge in [-0.1, -0.05) is 0 Å². The molecule has 0 saturated carbocycles. The first kappa shape index (κ1) is 11.6. The number of carbonyl (C=O) groups is 1. The highest BCUT2D eigenvalue weighted by atomic mass is 32.1. The number of anilines is 1. The van der Waals surface area contributed by atoms with Gasteiger partial charge in [-0.05, 0) is 28.5 Å². The molecule has 88 valence electrons. The Kier molecular flexibility index (Phi) is 3.39. The van der Waals surface area contributed by atoms with Gasteiger partial charge in [0.1, 0.15) is 0 Å². The van der Waals surface area contributed by atoms with E-state index in [9.17, 15) is 4.79 Å². The van der Waals surface area contributed by atoms with Gasteiger partial charge in [0.05, 0.1) is 5.56 Å². The Balaban J connectivity index is 2.13. The van der Waals surface area contributed by atoms with Crippen molar-refractivity contribution in [1.29, 1.82) is 0 Å². The molecule has 0 radical (unpaired) electrons. The van der Waals surface area contributed by atoms with Crippen molar-refractivity contribution in [2.24, 2.45) is 0 Å². The fraction of sp³-hybridized carbons (Fsp3) is 0.167. The zero-order valence-corrected chi connectivity index (χ0v) is 10.3. The molecule has 2 heterocycles. The highest BCUT2D eigenvalue weighted by Gasteiger charge is 2.14. The molecule has 0 unspecified atom stereocenters. The molecule has 1 amide bonds. The van der Waals surface area contributed by atoms with E-state index in [4.69, 9.17) is 5.73 Å². The minimum Gasteiger partial charge on any atom is -0.398 e. The van der Waals surface area contributed by atoms with E-state index in [0.29, 0.717) is 17.8 Å². The number of nitrogens with zero attached hydrogens (tertiary/aromatic N) is 2. The summed E-state index contributed by atoms with van der Waals surface area (Å²) in [5.41, 5.74) is 7.78. The Morgan fingerprint density at radius 3 is 3.00 bits per heavy atom. The summed E-state index contributed by atoms with van der Waals surface area (Å²) in [6.07, 6.45) is 3.08. The third kappa shape index (κ3) is 2.62. The topological polar surface area (TPSA) is 59.2 Å². The summed E-state index contributed by atoms with van der Waals surface area (Å²) < 4.78 is 0. The van der Waals surface area contributed by atoms with E-state index >= 15 is 0 Å². The van der Waals surface area contributed by atoms with Gasteiger partial charge < -0.3 is 10.6 Å². The van der Waals surface area contributed by atoms with E-state index in [0.717, 1.165) is 5.56 Å². The summed E-state index contributed by atoms with van der Waals surface area (Å²) in [6.45, 7) is 0.580. The van der Waals surface area contributed by atoms with Crippen LogP contribution in [0.2, 0.25) is 0 Å². The lowest BCUT2D eigenvalue weighted by atomic mass is 10.2. The van der Waals surface area contributed by atoms with E-state index in [1.54, 1.807) is 35.5 Å². The lowest BCUT2D eigenvalue weighted by Crippen LogP contribution is -2.26. The van der Waals surface area contributed by atoms with Crippen LogP contribution in [0.5, 0.6) is 0 Å². The summed E-state index contributed by atoms with van der Waals surface area (Å²) in [4.78, 5) is 17.7. The molecule has 0 aliphatic heterocycles. The Morgan fingerprint density at radius 2 is 2.35 bits per heavy atom. The van der Waals surface area contributed by atoms with Gasteiger partial charge >= 0.3 is 0 Å². The Morgan fingerprint density at radius 1 is 1.53 bits per heavy atom. The van der Waals surface area contributed by atoms with Gasteiger partial charge in [0, 0.05) is 31.7 Å². The molecular weight excluding hydrogens is 234 g/mol. The quantitative estimate of drug-likeness (QED) is 0.902. The minimum absolute atomic E-state index is 0.109. The number of thiophene rings is 1. The normalized spacial score (nSPS) is 10.2. The van der Waals surface area contributed by atoms with Crippen LogP contribution in [0.15, 0.2) is 35.3 Å². The van der Waals surface area contributed by atoms with E-state index in [1.807, 2.05) is 16.8 Å². The van der Waals surface area contributed by atoms with Crippen molar-refractivity contribution in [2.45, 2.75) is 6.54 Å². The lowest BCUT2D eigenvalue weighted by molar-refractivity contribution is 0.0786. The van der Waals surface area contributed by atoms with Gasteiger partial charge in [-0.15, -0.1) is 0 Å². The van der Waals surface area contributed by atoms with Crippen LogP contribution in [0.3, 0.4) is 0 Å². The second-order valence-corrected chi connectivity index (χ2v) is 4.54. The van der Waals surface area contributed by atoms with Gasteiger partial charge in [-0.25, -0.2) is 0 Å². The van der Waals surface area contributed by atoms with E-state index in [-0.39, 0.29) is 5.91 Å². The van der Waals surface area contributed by atoms with Crippen LogP contribution in [-0.4, -0.2) is 22.8 Å². The average Bonchev–Trinajstić information content (AvgIpc) is 2.81. The number of rotatable bonds is 3. The van der Waals surface area contributed by atoms with Crippen molar-refractivity contribution >= 4 is 22.9 Å². The summed E-state index contributed by atoms with van der Waals surface area (Å²) in [5, 5.41) is 4.02. The van der Waals surface area contributed by atoms with Crippen molar-refractivity contribution < 1.29 is 4.79 Å². The van der Waals surface area contributed by atoms with Crippen molar-refractivity contribution in [3.05, 3.63) is 46.4 Å². The van der Waals surface area contributed by atoms with Gasteiger partial charge in [-0.2, -0.15) is 11.3 Å². The molecule has 0 bridgehead atoms. The van der Waals surface area contributed by atoms with Crippen LogP contribution in [0.1, 0.15) is 15.9 Å². The molecule has 4 nitrogen and oxygen atoms in total. The van der Waals surface area contributed by atoms with Gasteiger partial charge in [0.2, 0.25) is 0 Å². The number of pyridine rings is 1. The predicted octanol–water partition coefficient (Wildman–Crippen LogP) is 2.00. The SMILES string of the molecule is CN(Cc1ccsc1)C(=O)c1cnccc1N. The Bertz CT molecular complexity index is 510. The van der Waals surface area contributed by atoms with Crippen molar-refractivity contribution in [3.63, 3.8) is 0 Å². The smallest absolute Gasteiger partial charge is 0.257 e. The van der Waals surface area contributed by atoms with Crippen molar-refractivity contribution in [1.82, 2.24) is 9.88 Å². The second-order valence-electron chi connectivity index (χ2n) is 3.76. The van der Waals surface area contributed by atoms with Crippen LogP contribution in [0.4, 0.5) is 5.69 Å².